The highest BCUT2D eigenvalue weighted by atomic mass is 19.1. The van der Waals surface area contributed by atoms with Gasteiger partial charge in [0.25, 0.3) is 0 Å². The van der Waals surface area contributed by atoms with Crippen LogP contribution in [0.15, 0.2) is 24.3 Å². The molecule has 0 spiro atoms. The lowest BCUT2D eigenvalue weighted by molar-refractivity contribution is 0.165. The second-order valence-corrected chi connectivity index (χ2v) is 6.20. The molecular weight excluding hydrogens is 251 g/mol. The molecule has 0 amide bonds. The first-order valence-electron chi connectivity index (χ1n) is 8.02. The minimum absolute atomic E-state index is 0.115. The van der Waals surface area contributed by atoms with E-state index in [1.54, 1.807) is 6.07 Å². The first kappa shape index (κ1) is 14.0. The molecule has 2 fully saturated rings. The van der Waals surface area contributed by atoms with Crippen molar-refractivity contribution >= 4 is 0 Å². The summed E-state index contributed by atoms with van der Waals surface area (Å²) in [7, 11) is 0. The summed E-state index contributed by atoms with van der Waals surface area (Å²) in [6.45, 7) is 4.48. The zero-order valence-corrected chi connectivity index (χ0v) is 12.3. The van der Waals surface area contributed by atoms with Gasteiger partial charge in [0.05, 0.1) is 0 Å². The van der Waals surface area contributed by atoms with Gasteiger partial charge in [-0.1, -0.05) is 19.1 Å². The van der Waals surface area contributed by atoms with Crippen LogP contribution < -0.4 is 5.32 Å². The lowest BCUT2D eigenvalue weighted by Gasteiger charge is -2.33. The fraction of sp³-hybridized carbons (Fsp3) is 0.647. The van der Waals surface area contributed by atoms with Crippen LogP contribution in [0, 0.1) is 5.82 Å². The first-order chi connectivity index (χ1) is 9.78. The van der Waals surface area contributed by atoms with Crippen LogP contribution in [-0.2, 0) is 0 Å². The highest BCUT2D eigenvalue weighted by molar-refractivity contribution is 5.21. The van der Waals surface area contributed by atoms with E-state index in [1.165, 1.54) is 31.7 Å². The van der Waals surface area contributed by atoms with Crippen molar-refractivity contribution in [1.29, 1.82) is 0 Å². The summed E-state index contributed by atoms with van der Waals surface area (Å²) in [5.41, 5.74) is 1.14. The van der Waals surface area contributed by atoms with Crippen LogP contribution in [0.1, 0.15) is 50.6 Å². The highest BCUT2D eigenvalue weighted by Crippen LogP contribution is 2.36. The Morgan fingerprint density at radius 3 is 2.80 bits per heavy atom. The number of nitrogens with one attached hydrogen (secondary N) is 1. The molecule has 3 rings (SSSR count). The lowest BCUT2D eigenvalue weighted by Crippen LogP contribution is -2.40. The molecule has 1 aliphatic heterocycles. The molecule has 0 bridgehead atoms. The molecule has 2 nitrogen and oxygen atoms in total. The molecule has 2 unspecified atom stereocenters. The molecule has 1 aliphatic carbocycles. The van der Waals surface area contributed by atoms with E-state index >= 15 is 0 Å². The fourth-order valence-electron chi connectivity index (χ4n) is 3.48. The van der Waals surface area contributed by atoms with Gasteiger partial charge in [-0.15, -0.1) is 0 Å². The number of hydrogen-bond donors (Lipinski definition) is 1. The molecule has 20 heavy (non-hydrogen) atoms. The van der Waals surface area contributed by atoms with Gasteiger partial charge in [-0.25, -0.2) is 4.39 Å². The molecule has 1 aromatic carbocycles. The van der Waals surface area contributed by atoms with Crippen molar-refractivity contribution in [1.82, 2.24) is 10.2 Å². The Morgan fingerprint density at radius 1 is 1.35 bits per heavy atom. The van der Waals surface area contributed by atoms with Gasteiger partial charge in [-0.3, -0.25) is 4.90 Å². The van der Waals surface area contributed by atoms with Crippen LogP contribution in [0.25, 0.3) is 0 Å². The molecule has 1 N–H and O–H groups in total. The van der Waals surface area contributed by atoms with Crippen molar-refractivity contribution in [3.8, 4) is 0 Å². The minimum Gasteiger partial charge on any atom is -0.313 e. The molecule has 2 atom stereocenters. The highest BCUT2D eigenvalue weighted by Gasteiger charge is 2.35. The summed E-state index contributed by atoms with van der Waals surface area (Å²) in [5.74, 6) is -0.115. The van der Waals surface area contributed by atoms with E-state index in [4.69, 9.17) is 0 Å². The minimum atomic E-state index is -0.115. The lowest BCUT2D eigenvalue weighted by atomic mass is 10.0. The van der Waals surface area contributed by atoms with E-state index in [0.29, 0.717) is 18.1 Å². The van der Waals surface area contributed by atoms with Gasteiger partial charge in [0.1, 0.15) is 5.82 Å². The predicted octanol–water partition coefficient (Wildman–Crippen LogP) is 3.49. The predicted molar refractivity (Wildman–Crippen MR) is 80.2 cm³/mol. The number of hydrogen-bond acceptors (Lipinski definition) is 2. The van der Waals surface area contributed by atoms with Gasteiger partial charge >= 0.3 is 0 Å². The van der Waals surface area contributed by atoms with Gasteiger partial charge in [-0.05, 0) is 56.3 Å². The van der Waals surface area contributed by atoms with Crippen LogP contribution >= 0.6 is 0 Å². The normalized spacial score (nSPS) is 24.2. The SMILES string of the molecule is CCC(c1cccc(F)c1)N(CC1CCCN1)C1CC1. The summed E-state index contributed by atoms with van der Waals surface area (Å²) >= 11 is 0. The largest absolute Gasteiger partial charge is 0.313 e. The summed E-state index contributed by atoms with van der Waals surface area (Å²) < 4.78 is 13.5. The van der Waals surface area contributed by atoms with E-state index < -0.39 is 0 Å². The maximum Gasteiger partial charge on any atom is 0.123 e. The Hall–Kier alpha value is -0.930. The fourth-order valence-corrected chi connectivity index (χ4v) is 3.48. The molecule has 1 aromatic rings. The number of halogens is 1. The van der Waals surface area contributed by atoms with Crippen LogP contribution in [-0.4, -0.2) is 30.1 Å². The van der Waals surface area contributed by atoms with Gasteiger partial charge < -0.3 is 5.32 Å². The van der Waals surface area contributed by atoms with Crippen molar-refractivity contribution in [3.05, 3.63) is 35.6 Å². The van der Waals surface area contributed by atoms with Crippen molar-refractivity contribution < 1.29 is 4.39 Å². The van der Waals surface area contributed by atoms with E-state index in [0.717, 1.165) is 25.1 Å². The number of nitrogens with zero attached hydrogens (tertiary/aromatic N) is 1. The quantitative estimate of drug-likeness (QED) is 0.855. The summed E-state index contributed by atoms with van der Waals surface area (Å²) in [6.07, 6.45) is 6.23. The molecule has 1 heterocycles. The molecular formula is C17H25FN2. The van der Waals surface area contributed by atoms with E-state index in [2.05, 4.69) is 23.2 Å². The molecule has 110 valence electrons. The third-order valence-electron chi connectivity index (χ3n) is 4.63. The monoisotopic (exact) mass is 276 g/mol. The second kappa shape index (κ2) is 6.23. The molecule has 1 saturated carbocycles. The Bertz CT molecular complexity index is 438. The van der Waals surface area contributed by atoms with Gasteiger partial charge in [0.2, 0.25) is 0 Å². The van der Waals surface area contributed by atoms with Gasteiger partial charge in [0.15, 0.2) is 0 Å². The number of benzene rings is 1. The van der Waals surface area contributed by atoms with Crippen LogP contribution in [0.5, 0.6) is 0 Å². The molecule has 1 saturated heterocycles. The van der Waals surface area contributed by atoms with Crippen LogP contribution in [0.3, 0.4) is 0 Å². The maximum absolute atomic E-state index is 13.5. The summed E-state index contributed by atoms with van der Waals surface area (Å²) in [5, 5.41) is 3.60. The Morgan fingerprint density at radius 2 is 2.20 bits per heavy atom. The van der Waals surface area contributed by atoms with Crippen LogP contribution in [0.4, 0.5) is 4.39 Å². The molecule has 0 aromatic heterocycles. The third-order valence-corrected chi connectivity index (χ3v) is 4.63. The van der Waals surface area contributed by atoms with E-state index in [-0.39, 0.29) is 5.82 Å². The van der Waals surface area contributed by atoms with Crippen molar-refractivity contribution in [2.75, 3.05) is 13.1 Å². The average molecular weight is 276 g/mol. The van der Waals surface area contributed by atoms with Crippen molar-refractivity contribution in [2.45, 2.75) is 57.2 Å². The van der Waals surface area contributed by atoms with Crippen LogP contribution in [0.2, 0.25) is 0 Å². The van der Waals surface area contributed by atoms with Gasteiger partial charge in [0, 0.05) is 24.7 Å². The topological polar surface area (TPSA) is 15.3 Å². The third kappa shape index (κ3) is 3.21. The Balaban J connectivity index is 1.76. The maximum atomic E-state index is 13.5. The van der Waals surface area contributed by atoms with Gasteiger partial charge in [-0.2, -0.15) is 0 Å². The van der Waals surface area contributed by atoms with E-state index in [1.807, 2.05) is 6.07 Å². The smallest absolute Gasteiger partial charge is 0.123 e. The molecule has 2 aliphatic rings. The van der Waals surface area contributed by atoms with Crippen molar-refractivity contribution in [3.63, 3.8) is 0 Å². The Labute approximate surface area is 121 Å². The summed E-state index contributed by atoms with van der Waals surface area (Å²) in [4.78, 5) is 2.62. The Kier molecular flexibility index (Phi) is 4.37. The standard InChI is InChI=1S/C17H25FN2/c1-2-17(13-5-3-6-14(18)11-13)20(16-8-9-16)12-15-7-4-10-19-15/h3,5-6,11,15-17,19H,2,4,7-10,12H2,1H3. The average Bonchev–Trinajstić information content (AvgIpc) is 3.16. The van der Waals surface area contributed by atoms with Crippen molar-refractivity contribution in [2.24, 2.45) is 0 Å². The molecule has 3 heteroatoms. The zero-order valence-electron chi connectivity index (χ0n) is 12.3. The summed E-state index contributed by atoms with van der Waals surface area (Å²) in [6, 6.07) is 8.87. The second-order valence-electron chi connectivity index (χ2n) is 6.20. The molecule has 0 radical (unpaired) electrons. The number of rotatable bonds is 6. The first-order valence-corrected chi connectivity index (χ1v) is 8.02. The zero-order chi connectivity index (χ0) is 13.9. The van der Waals surface area contributed by atoms with E-state index in [9.17, 15) is 4.39 Å².